The smallest absolute Gasteiger partial charge is 0.273 e. The lowest BCUT2D eigenvalue weighted by molar-refractivity contribution is -0.129. The van der Waals surface area contributed by atoms with Gasteiger partial charge in [0.05, 0.1) is 11.9 Å². The fourth-order valence-electron chi connectivity index (χ4n) is 1.46. The van der Waals surface area contributed by atoms with Crippen molar-refractivity contribution in [2.45, 2.75) is 6.10 Å². The Bertz CT molecular complexity index is 555. The first-order chi connectivity index (χ1) is 9.27. The number of benzene rings is 1. The van der Waals surface area contributed by atoms with Crippen molar-refractivity contribution in [2.24, 2.45) is 5.10 Å². The molecule has 19 heavy (non-hydrogen) atoms. The Morgan fingerprint density at radius 1 is 1.21 bits per heavy atom. The molecule has 1 atom stereocenters. The van der Waals surface area contributed by atoms with Crippen LogP contribution in [-0.4, -0.2) is 22.2 Å². The molecule has 0 radical (unpaired) electrons. The van der Waals surface area contributed by atoms with Gasteiger partial charge < -0.3 is 5.11 Å². The number of carbonyl (C=O) groups is 1. The molecule has 0 spiro atoms. The molecule has 0 bridgehead atoms. The van der Waals surface area contributed by atoms with Gasteiger partial charge in [0.1, 0.15) is 0 Å². The standard InChI is InChI=1S/C14H13N3O2/c18-13(11-6-2-1-3-7-11)14(19)17-16-10-12-8-4-5-9-15-12/h1-10,13,18H,(H,17,19)/b16-10+/t13-/m1/s1. The number of pyridine rings is 1. The average molecular weight is 255 g/mol. The monoisotopic (exact) mass is 255 g/mol. The van der Waals surface area contributed by atoms with Gasteiger partial charge in [0.15, 0.2) is 6.10 Å². The highest BCUT2D eigenvalue weighted by molar-refractivity contribution is 5.84. The summed E-state index contributed by atoms with van der Waals surface area (Å²) in [4.78, 5) is 15.7. The molecule has 5 heteroatoms. The molecule has 2 rings (SSSR count). The zero-order valence-electron chi connectivity index (χ0n) is 10.1. The van der Waals surface area contributed by atoms with Gasteiger partial charge in [0, 0.05) is 6.20 Å². The number of rotatable bonds is 4. The normalized spacial score (nSPS) is 12.3. The van der Waals surface area contributed by atoms with Gasteiger partial charge in [-0.15, -0.1) is 0 Å². The van der Waals surface area contributed by atoms with E-state index in [1.54, 1.807) is 42.6 Å². The Morgan fingerprint density at radius 3 is 2.63 bits per heavy atom. The number of hydrazone groups is 1. The number of aliphatic hydroxyl groups is 1. The van der Waals surface area contributed by atoms with Gasteiger partial charge in [-0.25, -0.2) is 5.43 Å². The average Bonchev–Trinajstić information content (AvgIpc) is 2.48. The van der Waals surface area contributed by atoms with Crippen LogP contribution < -0.4 is 5.43 Å². The van der Waals surface area contributed by atoms with Gasteiger partial charge in [-0.3, -0.25) is 9.78 Å². The summed E-state index contributed by atoms with van der Waals surface area (Å²) in [6.07, 6.45) is 1.81. The van der Waals surface area contributed by atoms with Crippen LogP contribution >= 0.6 is 0 Å². The molecule has 0 aliphatic rings. The highest BCUT2D eigenvalue weighted by Gasteiger charge is 2.15. The van der Waals surface area contributed by atoms with Crippen molar-refractivity contribution in [2.75, 3.05) is 0 Å². The number of amides is 1. The van der Waals surface area contributed by atoms with E-state index in [4.69, 9.17) is 0 Å². The number of hydrogen-bond acceptors (Lipinski definition) is 4. The molecule has 1 aromatic carbocycles. The van der Waals surface area contributed by atoms with Crippen molar-refractivity contribution in [3.63, 3.8) is 0 Å². The predicted molar refractivity (Wildman–Crippen MR) is 71.4 cm³/mol. The van der Waals surface area contributed by atoms with E-state index >= 15 is 0 Å². The second-order valence-electron chi connectivity index (χ2n) is 3.80. The number of hydrogen-bond donors (Lipinski definition) is 2. The maximum Gasteiger partial charge on any atom is 0.273 e. The van der Waals surface area contributed by atoms with Crippen molar-refractivity contribution in [3.8, 4) is 0 Å². The quantitative estimate of drug-likeness (QED) is 0.638. The minimum atomic E-state index is -1.23. The zero-order valence-corrected chi connectivity index (χ0v) is 10.1. The van der Waals surface area contributed by atoms with E-state index in [9.17, 15) is 9.90 Å². The number of nitrogens with zero attached hydrogens (tertiary/aromatic N) is 2. The lowest BCUT2D eigenvalue weighted by Crippen LogP contribution is -2.25. The highest BCUT2D eigenvalue weighted by Crippen LogP contribution is 2.11. The predicted octanol–water partition coefficient (Wildman–Crippen LogP) is 1.27. The van der Waals surface area contributed by atoms with Crippen LogP contribution in [0.25, 0.3) is 0 Å². The van der Waals surface area contributed by atoms with E-state index in [0.29, 0.717) is 11.3 Å². The van der Waals surface area contributed by atoms with Crippen molar-refractivity contribution >= 4 is 12.1 Å². The Labute approximate surface area is 110 Å². The van der Waals surface area contributed by atoms with Gasteiger partial charge in [-0.2, -0.15) is 5.10 Å². The molecule has 5 nitrogen and oxygen atoms in total. The van der Waals surface area contributed by atoms with E-state index in [1.807, 2.05) is 12.1 Å². The molecule has 0 unspecified atom stereocenters. The van der Waals surface area contributed by atoms with Crippen LogP contribution in [0.4, 0.5) is 0 Å². The zero-order chi connectivity index (χ0) is 13.5. The fraction of sp³-hybridized carbons (Fsp3) is 0.0714. The third-order valence-corrected chi connectivity index (χ3v) is 2.42. The maximum absolute atomic E-state index is 11.6. The molecular formula is C14H13N3O2. The van der Waals surface area contributed by atoms with Gasteiger partial charge in [-0.1, -0.05) is 36.4 Å². The van der Waals surface area contributed by atoms with Gasteiger partial charge in [0.2, 0.25) is 0 Å². The van der Waals surface area contributed by atoms with E-state index in [0.717, 1.165) is 0 Å². The molecule has 1 amide bonds. The van der Waals surface area contributed by atoms with Crippen LogP contribution in [-0.2, 0) is 4.79 Å². The molecule has 96 valence electrons. The second-order valence-corrected chi connectivity index (χ2v) is 3.80. The Kier molecular flexibility index (Phi) is 4.36. The first kappa shape index (κ1) is 12.9. The number of aromatic nitrogens is 1. The van der Waals surface area contributed by atoms with Crippen molar-refractivity contribution in [1.82, 2.24) is 10.4 Å². The molecule has 0 saturated carbocycles. The molecule has 2 aromatic rings. The summed E-state index contributed by atoms with van der Waals surface area (Å²) in [5, 5.41) is 13.5. The molecule has 0 saturated heterocycles. The molecule has 0 fully saturated rings. The Hall–Kier alpha value is -2.53. The first-order valence-corrected chi connectivity index (χ1v) is 5.74. The molecule has 0 aliphatic heterocycles. The van der Waals surface area contributed by atoms with E-state index < -0.39 is 12.0 Å². The van der Waals surface area contributed by atoms with E-state index in [2.05, 4.69) is 15.5 Å². The van der Waals surface area contributed by atoms with Gasteiger partial charge in [-0.05, 0) is 17.7 Å². The van der Waals surface area contributed by atoms with E-state index in [1.165, 1.54) is 6.21 Å². The summed E-state index contributed by atoms with van der Waals surface area (Å²) in [7, 11) is 0. The summed E-state index contributed by atoms with van der Waals surface area (Å²) < 4.78 is 0. The van der Waals surface area contributed by atoms with E-state index in [-0.39, 0.29) is 0 Å². The topological polar surface area (TPSA) is 74.6 Å². The second kappa shape index (κ2) is 6.42. The van der Waals surface area contributed by atoms with Gasteiger partial charge >= 0.3 is 0 Å². The third-order valence-electron chi connectivity index (χ3n) is 2.42. The summed E-state index contributed by atoms with van der Waals surface area (Å²) in [5.41, 5.74) is 3.41. The summed E-state index contributed by atoms with van der Waals surface area (Å²) in [6.45, 7) is 0. The van der Waals surface area contributed by atoms with Crippen LogP contribution in [0.5, 0.6) is 0 Å². The number of carbonyl (C=O) groups excluding carboxylic acids is 1. The van der Waals surface area contributed by atoms with Crippen LogP contribution in [0.2, 0.25) is 0 Å². The summed E-state index contributed by atoms with van der Waals surface area (Å²) in [6, 6.07) is 14.0. The SMILES string of the molecule is O=C(N/N=C/c1ccccn1)[C@H](O)c1ccccc1. The molecule has 0 aliphatic carbocycles. The van der Waals surface area contributed by atoms with Crippen LogP contribution in [0, 0.1) is 0 Å². The highest BCUT2D eigenvalue weighted by atomic mass is 16.3. The molecule has 2 N–H and O–H groups in total. The minimum Gasteiger partial charge on any atom is -0.378 e. The lowest BCUT2D eigenvalue weighted by atomic mass is 10.1. The van der Waals surface area contributed by atoms with Crippen molar-refractivity contribution < 1.29 is 9.90 Å². The Morgan fingerprint density at radius 2 is 1.95 bits per heavy atom. The number of aliphatic hydroxyl groups excluding tert-OH is 1. The molecule has 1 aromatic heterocycles. The molecule has 1 heterocycles. The lowest BCUT2D eigenvalue weighted by Gasteiger charge is -2.08. The number of nitrogens with one attached hydrogen (secondary N) is 1. The van der Waals surface area contributed by atoms with Gasteiger partial charge in [0.25, 0.3) is 5.91 Å². The van der Waals surface area contributed by atoms with Crippen molar-refractivity contribution in [3.05, 3.63) is 66.0 Å². The van der Waals surface area contributed by atoms with Crippen LogP contribution in [0.3, 0.4) is 0 Å². The third kappa shape index (κ3) is 3.72. The maximum atomic E-state index is 11.6. The molecular weight excluding hydrogens is 242 g/mol. The summed E-state index contributed by atoms with van der Waals surface area (Å²) >= 11 is 0. The van der Waals surface area contributed by atoms with Crippen LogP contribution in [0.15, 0.2) is 59.8 Å². The fourth-order valence-corrected chi connectivity index (χ4v) is 1.46. The Balaban J connectivity index is 1.93. The summed E-state index contributed by atoms with van der Waals surface area (Å²) in [5.74, 6) is -0.585. The minimum absolute atomic E-state index is 0.521. The van der Waals surface area contributed by atoms with Crippen molar-refractivity contribution in [1.29, 1.82) is 0 Å². The van der Waals surface area contributed by atoms with Crippen LogP contribution in [0.1, 0.15) is 17.4 Å². The largest absolute Gasteiger partial charge is 0.378 e. The first-order valence-electron chi connectivity index (χ1n) is 5.74.